The third-order valence-corrected chi connectivity index (χ3v) is 10.0. The van der Waals surface area contributed by atoms with Crippen LogP contribution in [0.1, 0.15) is 78.9 Å². The summed E-state index contributed by atoms with van der Waals surface area (Å²) in [6.07, 6.45) is 1.08. The largest absolute Gasteiger partial charge is 0.461 e. The first kappa shape index (κ1) is 36.2. The van der Waals surface area contributed by atoms with Crippen LogP contribution in [0.4, 0.5) is 5.82 Å². The molecule has 0 bridgehead atoms. The average molecular weight is 703 g/mol. The zero-order valence-electron chi connectivity index (χ0n) is 27.9. The van der Waals surface area contributed by atoms with E-state index in [0.717, 1.165) is 32.1 Å². The van der Waals surface area contributed by atoms with Crippen molar-refractivity contribution < 1.29 is 46.9 Å². The van der Waals surface area contributed by atoms with Crippen LogP contribution in [0.3, 0.4) is 0 Å². The van der Waals surface area contributed by atoms with E-state index < -0.39 is 62.3 Å². The van der Waals surface area contributed by atoms with E-state index in [-0.39, 0.29) is 41.7 Å². The lowest BCUT2D eigenvalue weighted by molar-refractivity contribution is -0.168. The highest BCUT2D eigenvalue weighted by molar-refractivity contribution is 7.52. The third-order valence-electron chi connectivity index (χ3n) is 8.28. The second kappa shape index (κ2) is 16.1. The zero-order chi connectivity index (χ0) is 35.1. The number of nitrogens with two attached hydrogens (primary N) is 1. The van der Waals surface area contributed by atoms with Crippen LogP contribution in [0, 0.1) is 0 Å². The van der Waals surface area contributed by atoms with Crippen molar-refractivity contribution in [1.82, 2.24) is 24.6 Å². The van der Waals surface area contributed by atoms with Crippen molar-refractivity contribution in [1.29, 1.82) is 0 Å². The van der Waals surface area contributed by atoms with E-state index in [1.54, 1.807) is 51.1 Å². The molecule has 5 rings (SSSR count). The quantitative estimate of drug-likeness (QED) is 0.136. The Morgan fingerprint density at radius 1 is 0.980 bits per heavy atom. The molecule has 7 atom stereocenters. The standard InChI is InChI=1S/C32H43N6O10P/c1-5-23(39)44-27-26(46-31(28(27)45-24(40)6-2)38-18-36-25-29(33)34-17-35-30(25)38)20(4)47-49(42,48-22-15-11-8-12-16-22)37-19(3)32(41)43-21-13-9-7-10-14-21/h8,11-12,15-21,26-28,31H,5-7,9-10,13-14H2,1-4H3,(H,37,42)(H2,33,34,35)/t19?,20?,26-,27?,28?,31-,49?/m1/s1. The summed E-state index contributed by atoms with van der Waals surface area (Å²) in [7, 11) is -4.39. The van der Waals surface area contributed by atoms with Gasteiger partial charge in [-0.05, 0) is 51.7 Å². The summed E-state index contributed by atoms with van der Waals surface area (Å²) in [5.74, 6) is -1.48. The lowest BCUT2D eigenvalue weighted by atomic mass is 9.98. The highest BCUT2D eigenvalue weighted by atomic mass is 31.2. The minimum atomic E-state index is -4.39. The zero-order valence-corrected chi connectivity index (χ0v) is 28.8. The van der Waals surface area contributed by atoms with Gasteiger partial charge in [-0.25, -0.2) is 19.5 Å². The SMILES string of the molecule is CCC(=O)OC1C(OC(=O)CC)[C@H](n2cnc3c(N)ncnc32)O[C@@H]1C(C)OP(=O)(NC(C)C(=O)OC1CCCCC1)Oc1ccccc1. The van der Waals surface area contributed by atoms with E-state index in [1.807, 2.05) is 0 Å². The molecule has 5 unspecified atom stereocenters. The molecular weight excluding hydrogens is 659 g/mol. The summed E-state index contributed by atoms with van der Waals surface area (Å²) >= 11 is 0. The number of carbonyl (C=O) groups is 3. The van der Waals surface area contributed by atoms with Gasteiger partial charge in [-0.15, -0.1) is 0 Å². The maximum Gasteiger partial charge on any atom is 0.459 e. The molecule has 2 fully saturated rings. The molecule has 0 spiro atoms. The number of fused-ring (bicyclic) bond motifs is 1. The first-order valence-electron chi connectivity index (χ1n) is 16.5. The highest BCUT2D eigenvalue weighted by Gasteiger charge is 2.54. The number of para-hydroxylation sites is 1. The van der Waals surface area contributed by atoms with Crippen molar-refractivity contribution in [3.05, 3.63) is 43.0 Å². The van der Waals surface area contributed by atoms with Crippen LogP contribution in [0.2, 0.25) is 0 Å². The maximum absolute atomic E-state index is 14.5. The van der Waals surface area contributed by atoms with Crippen molar-refractivity contribution in [3.63, 3.8) is 0 Å². The van der Waals surface area contributed by atoms with Gasteiger partial charge in [-0.3, -0.25) is 23.5 Å². The lowest BCUT2D eigenvalue weighted by Crippen LogP contribution is -2.44. The Balaban J connectivity index is 1.46. The first-order valence-corrected chi connectivity index (χ1v) is 18.0. The van der Waals surface area contributed by atoms with Crippen molar-refractivity contribution in [2.24, 2.45) is 0 Å². The number of anilines is 1. The number of hydrogen-bond acceptors (Lipinski definition) is 14. The molecule has 266 valence electrons. The van der Waals surface area contributed by atoms with Crippen LogP contribution < -0.4 is 15.3 Å². The summed E-state index contributed by atoms with van der Waals surface area (Å²) < 4.78 is 51.7. The number of imidazole rings is 1. The van der Waals surface area contributed by atoms with Gasteiger partial charge < -0.3 is 29.2 Å². The number of aromatic nitrogens is 4. The minimum Gasteiger partial charge on any atom is -0.461 e. The molecule has 1 aromatic carbocycles. The summed E-state index contributed by atoms with van der Waals surface area (Å²) in [6, 6.07) is 7.21. The van der Waals surface area contributed by atoms with Crippen LogP contribution >= 0.6 is 7.75 Å². The third kappa shape index (κ3) is 8.74. The summed E-state index contributed by atoms with van der Waals surface area (Å²) in [5, 5.41) is 2.72. The number of benzene rings is 1. The number of carbonyl (C=O) groups excluding carboxylic acids is 3. The predicted molar refractivity (Wildman–Crippen MR) is 175 cm³/mol. The maximum atomic E-state index is 14.5. The Morgan fingerprint density at radius 2 is 1.65 bits per heavy atom. The Kier molecular flexibility index (Phi) is 11.9. The van der Waals surface area contributed by atoms with E-state index in [1.165, 1.54) is 24.1 Å². The van der Waals surface area contributed by atoms with Crippen LogP contribution in [-0.4, -0.2) is 74.0 Å². The molecule has 17 heteroatoms. The topological polar surface area (TPSA) is 205 Å². The molecule has 1 aliphatic heterocycles. The summed E-state index contributed by atoms with van der Waals surface area (Å²) in [5.41, 5.74) is 6.56. The fourth-order valence-electron chi connectivity index (χ4n) is 5.77. The molecule has 3 aromatic rings. The van der Waals surface area contributed by atoms with Gasteiger partial charge in [0.05, 0.1) is 12.4 Å². The molecule has 0 amide bonds. The fourth-order valence-corrected chi connectivity index (χ4v) is 7.46. The van der Waals surface area contributed by atoms with Crippen LogP contribution in [0.15, 0.2) is 43.0 Å². The number of rotatable bonds is 14. The monoisotopic (exact) mass is 702 g/mol. The van der Waals surface area contributed by atoms with Gasteiger partial charge in [0, 0.05) is 12.8 Å². The molecule has 2 aromatic heterocycles. The van der Waals surface area contributed by atoms with Gasteiger partial charge in [-0.2, -0.15) is 5.09 Å². The number of nitrogen functional groups attached to an aromatic ring is 1. The van der Waals surface area contributed by atoms with E-state index in [9.17, 15) is 18.9 Å². The molecule has 1 aliphatic carbocycles. The van der Waals surface area contributed by atoms with Crippen molar-refractivity contribution in [2.45, 2.75) is 115 Å². The second-order valence-electron chi connectivity index (χ2n) is 12.0. The Morgan fingerprint density at radius 3 is 2.33 bits per heavy atom. The Labute approximate surface area is 283 Å². The normalized spacial score (nSPS) is 23.7. The highest BCUT2D eigenvalue weighted by Crippen LogP contribution is 2.49. The number of hydrogen-bond donors (Lipinski definition) is 2. The molecule has 1 saturated heterocycles. The van der Waals surface area contributed by atoms with Crippen LogP contribution in [-0.2, 0) is 42.4 Å². The first-order chi connectivity index (χ1) is 23.5. The van der Waals surface area contributed by atoms with Gasteiger partial charge in [-0.1, -0.05) is 38.5 Å². The molecular formula is C32H43N6O10P. The Hall–Kier alpha value is -4.11. The van der Waals surface area contributed by atoms with Crippen LogP contribution in [0.25, 0.3) is 11.2 Å². The van der Waals surface area contributed by atoms with Crippen molar-refractivity contribution in [2.75, 3.05) is 5.73 Å². The van der Waals surface area contributed by atoms with Gasteiger partial charge in [0.1, 0.15) is 35.8 Å². The lowest BCUT2D eigenvalue weighted by Gasteiger charge is -2.30. The minimum absolute atomic E-state index is 0.00706. The molecule has 16 nitrogen and oxygen atoms in total. The Bertz CT molecular complexity index is 1650. The van der Waals surface area contributed by atoms with E-state index >= 15 is 0 Å². The number of esters is 3. The van der Waals surface area contributed by atoms with Crippen molar-refractivity contribution in [3.8, 4) is 5.75 Å². The summed E-state index contributed by atoms with van der Waals surface area (Å²) in [4.78, 5) is 51.1. The second-order valence-corrected chi connectivity index (χ2v) is 13.6. The number of ether oxygens (including phenoxy) is 4. The smallest absolute Gasteiger partial charge is 0.459 e. The van der Waals surface area contributed by atoms with Crippen LogP contribution in [0.5, 0.6) is 5.75 Å². The molecule has 2 aliphatic rings. The average Bonchev–Trinajstić information content (AvgIpc) is 3.67. The molecule has 1 saturated carbocycles. The number of nitrogens with zero attached hydrogens (tertiary/aromatic N) is 4. The molecule has 3 heterocycles. The van der Waals surface area contributed by atoms with Gasteiger partial charge >= 0.3 is 25.7 Å². The number of nitrogens with one attached hydrogen (secondary N) is 1. The predicted octanol–water partition coefficient (Wildman–Crippen LogP) is 4.40. The van der Waals surface area contributed by atoms with Gasteiger partial charge in [0.15, 0.2) is 29.9 Å². The van der Waals surface area contributed by atoms with Crippen molar-refractivity contribution >= 4 is 42.6 Å². The van der Waals surface area contributed by atoms with Gasteiger partial charge in [0.2, 0.25) is 0 Å². The van der Waals surface area contributed by atoms with E-state index in [0.29, 0.717) is 0 Å². The van der Waals surface area contributed by atoms with Gasteiger partial charge in [0.25, 0.3) is 0 Å². The fraction of sp³-hybridized carbons (Fsp3) is 0.562. The molecule has 49 heavy (non-hydrogen) atoms. The molecule has 0 radical (unpaired) electrons. The molecule has 3 N–H and O–H groups in total. The van der Waals surface area contributed by atoms with E-state index in [2.05, 4.69) is 20.0 Å². The summed E-state index contributed by atoms with van der Waals surface area (Å²) in [6.45, 7) is 6.28. The van der Waals surface area contributed by atoms with E-state index in [4.69, 9.17) is 33.7 Å².